The van der Waals surface area contributed by atoms with Crippen molar-refractivity contribution in [3.05, 3.63) is 51.9 Å². The van der Waals surface area contributed by atoms with Gasteiger partial charge in [0.25, 0.3) is 0 Å². The molecule has 0 fully saturated rings. The van der Waals surface area contributed by atoms with Crippen molar-refractivity contribution in [2.45, 2.75) is 6.42 Å². The number of benzene rings is 1. The highest BCUT2D eigenvalue weighted by Gasteiger charge is 2.05. The van der Waals surface area contributed by atoms with Crippen LogP contribution in [0.3, 0.4) is 0 Å². The Morgan fingerprint density at radius 3 is 2.65 bits per heavy atom. The van der Waals surface area contributed by atoms with Gasteiger partial charge in [0.05, 0.1) is 12.4 Å². The summed E-state index contributed by atoms with van der Waals surface area (Å²) < 4.78 is 0. The van der Waals surface area contributed by atoms with Gasteiger partial charge in [0, 0.05) is 16.6 Å². The molecular weight excluding hydrogens is 301 g/mol. The van der Waals surface area contributed by atoms with Gasteiger partial charge in [-0.05, 0) is 24.1 Å². The first kappa shape index (κ1) is 14.6. The van der Waals surface area contributed by atoms with E-state index in [1.807, 2.05) is 6.07 Å². The Balaban J connectivity index is 1.91. The highest BCUT2D eigenvalue weighted by Crippen LogP contribution is 2.21. The smallest absolute Gasteiger partial charge is 0.356 e. The molecule has 1 aromatic heterocycles. The summed E-state index contributed by atoms with van der Waals surface area (Å²) in [4.78, 5) is 18.4. The fraction of sp³-hybridized carbons (Fsp3) is 0.154. The second kappa shape index (κ2) is 6.54. The predicted octanol–water partition coefficient (Wildman–Crippen LogP) is 3.14. The van der Waals surface area contributed by atoms with Crippen LogP contribution in [0, 0.1) is 0 Å². The third kappa shape index (κ3) is 3.82. The predicted molar refractivity (Wildman–Crippen MR) is 77.6 cm³/mol. The minimum atomic E-state index is -1.10. The monoisotopic (exact) mass is 311 g/mol. The summed E-state index contributed by atoms with van der Waals surface area (Å²) in [5.74, 6) is -0.586. The fourth-order valence-corrected chi connectivity index (χ4v) is 2.08. The van der Waals surface area contributed by atoms with Gasteiger partial charge in [-0.25, -0.2) is 14.8 Å². The molecule has 0 spiro atoms. The van der Waals surface area contributed by atoms with Crippen molar-refractivity contribution < 1.29 is 9.90 Å². The number of carboxylic acids is 1. The molecule has 0 bridgehead atoms. The molecule has 0 unspecified atom stereocenters. The van der Waals surface area contributed by atoms with E-state index < -0.39 is 5.97 Å². The average Bonchev–Trinajstić information content (AvgIpc) is 2.42. The van der Waals surface area contributed by atoms with Crippen molar-refractivity contribution in [3.63, 3.8) is 0 Å². The quantitative estimate of drug-likeness (QED) is 0.887. The summed E-state index contributed by atoms with van der Waals surface area (Å²) in [7, 11) is 0. The largest absolute Gasteiger partial charge is 0.476 e. The Morgan fingerprint density at radius 2 is 2.05 bits per heavy atom. The second-order valence-electron chi connectivity index (χ2n) is 4.00. The number of rotatable bonds is 5. The van der Waals surface area contributed by atoms with Crippen LogP contribution in [0.15, 0.2) is 30.6 Å². The number of anilines is 1. The van der Waals surface area contributed by atoms with Gasteiger partial charge in [-0.2, -0.15) is 0 Å². The standard InChI is InChI=1S/C13H11Cl2N3O2/c14-9-2-1-8(10(15)5-9)3-4-16-12-7-17-11(6-18-12)13(19)20/h1-2,5-7H,3-4H2,(H,16,18)(H,19,20). The van der Waals surface area contributed by atoms with Crippen LogP contribution in [0.5, 0.6) is 0 Å². The maximum absolute atomic E-state index is 10.6. The number of carboxylic acid groups (broad SMARTS) is 1. The zero-order chi connectivity index (χ0) is 14.5. The van der Waals surface area contributed by atoms with Gasteiger partial charge in [-0.1, -0.05) is 29.3 Å². The normalized spacial score (nSPS) is 10.3. The van der Waals surface area contributed by atoms with Crippen LogP contribution in [0.1, 0.15) is 16.1 Å². The SMILES string of the molecule is O=C(O)c1cnc(NCCc2ccc(Cl)cc2Cl)cn1. The molecule has 7 heteroatoms. The van der Waals surface area contributed by atoms with Gasteiger partial charge in [0.1, 0.15) is 5.82 Å². The lowest BCUT2D eigenvalue weighted by Crippen LogP contribution is -2.08. The van der Waals surface area contributed by atoms with Crippen molar-refractivity contribution in [1.82, 2.24) is 9.97 Å². The first-order chi connectivity index (χ1) is 9.56. The van der Waals surface area contributed by atoms with Gasteiger partial charge < -0.3 is 10.4 Å². The van der Waals surface area contributed by atoms with Gasteiger partial charge >= 0.3 is 5.97 Å². The highest BCUT2D eigenvalue weighted by atomic mass is 35.5. The molecule has 0 amide bonds. The highest BCUT2D eigenvalue weighted by molar-refractivity contribution is 6.35. The maximum Gasteiger partial charge on any atom is 0.356 e. The molecule has 0 aliphatic rings. The van der Waals surface area contributed by atoms with Gasteiger partial charge in [0.15, 0.2) is 5.69 Å². The van der Waals surface area contributed by atoms with Gasteiger partial charge in [-0.3, -0.25) is 0 Å². The minimum Gasteiger partial charge on any atom is -0.476 e. The molecule has 20 heavy (non-hydrogen) atoms. The molecule has 0 radical (unpaired) electrons. The average molecular weight is 312 g/mol. The van der Waals surface area contributed by atoms with E-state index in [9.17, 15) is 4.79 Å². The Kier molecular flexibility index (Phi) is 4.76. The van der Waals surface area contributed by atoms with E-state index in [0.29, 0.717) is 28.8 Å². The Bertz CT molecular complexity index is 618. The zero-order valence-electron chi connectivity index (χ0n) is 10.3. The van der Waals surface area contributed by atoms with Crippen molar-refractivity contribution in [3.8, 4) is 0 Å². The van der Waals surface area contributed by atoms with Gasteiger partial charge in [-0.15, -0.1) is 0 Å². The number of hydrogen-bond acceptors (Lipinski definition) is 4. The third-order valence-electron chi connectivity index (χ3n) is 2.59. The molecule has 5 nitrogen and oxygen atoms in total. The number of nitrogens with zero attached hydrogens (tertiary/aromatic N) is 2. The lowest BCUT2D eigenvalue weighted by molar-refractivity contribution is 0.0690. The Hall–Kier alpha value is -1.85. The Morgan fingerprint density at radius 1 is 1.25 bits per heavy atom. The van der Waals surface area contributed by atoms with E-state index in [1.54, 1.807) is 12.1 Å². The van der Waals surface area contributed by atoms with Crippen LogP contribution in [0.2, 0.25) is 10.0 Å². The van der Waals surface area contributed by atoms with Crippen LogP contribution >= 0.6 is 23.2 Å². The molecule has 1 heterocycles. The minimum absolute atomic E-state index is 0.0868. The van der Waals surface area contributed by atoms with E-state index in [1.165, 1.54) is 12.4 Å². The zero-order valence-corrected chi connectivity index (χ0v) is 11.8. The summed E-state index contributed by atoms with van der Waals surface area (Å²) in [5.41, 5.74) is 0.884. The molecule has 0 saturated heterocycles. The van der Waals surface area contributed by atoms with Crippen molar-refractivity contribution in [2.75, 3.05) is 11.9 Å². The first-order valence-electron chi connectivity index (χ1n) is 5.79. The number of aromatic carboxylic acids is 1. The number of hydrogen-bond donors (Lipinski definition) is 2. The van der Waals surface area contributed by atoms with Gasteiger partial charge in [0.2, 0.25) is 0 Å². The molecule has 104 valence electrons. The van der Waals surface area contributed by atoms with Crippen LogP contribution in [-0.2, 0) is 6.42 Å². The summed E-state index contributed by atoms with van der Waals surface area (Å²) in [6.45, 7) is 0.600. The molecule has 0 aliphatic heterocycles. The van der Waals surface area contributed by atoms with Crippen molar-refractivity contribution in [1.29, 1.82) is 0 Å². The number of nitrogens with one attached hydrogen (secondary N) is 1. The van der Waals surface area contributed by atoms with Crippen molar-refractivity contribution in [2.24, 2.45) is 0 Å². The molecule has 1 aromatic carbocycles. The summed E-state index contributed by atoms with van der Waals surface area (Å²) in [5, 5.41) is 13.0. The van der Waals surface area contributed by atoms with E-state index in [0.717, 1.165) is 5.56 Å². The first-order valence-corrected chi connectivity index (χ1v) is 6.55. The van der Waals surface area contributed by atoms with Crippen LogP contribution in [0.4, 0.5) is 5.82 Å². The van der Waals surface area contributed by atoms with Crippen LogP contribution < -0.4 is 5.32 Å². The summed E-state index contributed by atoms with van der Waals surface area (Å²) in [6, 6.07) is 5.34. The number of halogens is 2. The van der Waals surface area contributed by atoms with E-state index in [2.05, 4.69) is 15.3 Å². The Labute approximate surface area is 125 Å². The fourth-order valence-electron chi connectivity index (χ4n) is 1.58. The topological polar surface area (TPSA) is 75.1 Å². The van der Waals surface area contributed by atoms with Crippen LogP contribution in [0.25, 0.3) is 0 Å². The summed E-state index contributed by atoms with van der Waals surface area (Å²) >= 11 is 11.9. The number of carbonyl (C=O) groups is 1. The molecule has 2 rings (SSSR count). The maximum atomic E-state index is 10.6. The van der Waals surface area contributed by atoms with Crippen LogP contribution in [-0.4, -0.2) is 27.6 Å². The van der Waals surface area contributed by atoms with E-state index in [4.69, 9.17) is 28.3 Å². The molecule has 2 aromatic rings. The number of aromatic nitrogens is 2. The van der Waals surface area contributed by atoms with E-state index in [-0.39, 0.29) is 5.69 Å². The van der Waals surface area contributed by atoms with Crippen molar-refractivity contribution >= 4 is 35.0 Å². The third-order valence-corrected chi connectivity index (χ3v) is 3.17. The second-order valence-corrected chi connectivity index (χ2v) is 4.85. The molecular formula is C13H11Cl2N3O2. The molecule has 0 aliphatic carbocycles. The summed E-state index contributed by atoms with van der Waals surface area (Å²) in [6.07, 6.45) is 3.28. The molecule has 0 atom stereocenters. The molecule has 0 saturated carbocycles. The molecule has 2 N–H and O–H groups in total. The lowest BCUT2D eigenvalue weighted by Gasteiger charge is -2.07. The van der Waals surface area contributed by atoms with E-state index >= 15 is 0 Å². The lowest BCUT2D eigenvalue weighted by atomic mass is 10.1.